The molecule has 14 heavy (non-hydrogen) atoms. The standard InChI is InChI=1S/C9H22N2O2Si/c1-9(2,3)14(4,5)13-6-7(10)8(11)12/h7H,6,10H2,1-5H3,(H2,11,12). The lowest BCUT2D eigenvalue weighted by Gasteiger charge is -2.36. The Morgan fingerprint density at radius 3 is 2.14 bits per heavy atom. The highest BCUT2D eigenvalue weighted by atomic mass is 28.4. The first-order valence-corrected chi connectivity index (χ1v) is 7.67. The van der Waals surface area contributed by atoms with Crippen molar-refractivity contribution in [1.29, 1.82) is 0 Å². The van der Waals surface area contributed by atoms with E-state index in [1.165, 1.54) is 0 Å². The molecule has 0 aliphatic rings. The van der Waals surface area contributed by atoms with Gasteiger partial charge in [0.05, 0.1) is 6.61 Å². The summed E-state index contributed by atoms with van der Waals surface area (Å²) in [6, 6.07) is -0.691. The summed E-state index contributed by atoms with van der Waals surface area (Å²) in [5, 5.41) is 0.129. The van der Waals surface area contributed by atoms with E-state index in [-0.39, 0.29) is 11.6 Å². The molecular formula is C9H22N2O2Si. The minimum Gasteiger partial charge on any atom is -0.415 e. The van der Waals surface area contributed by atoms with Crippen LogP contribution >= 0.6 is 0 Å². The molecule has 84 valence electrons. The molecule has 0 aromatic rings. The van der Waals surface area contributed by atoms with Crippen LogP contribution in [0.25, 0.3) is 0 Å². The van der Waals surface area contributed by atoms with Crippen molar-refractivity contribution < 1.29 is 9.22 Å². The second-order valence-electron chi connectivity index (χ2n) is 5.08. The zero-order chi connectivity index (χ0) is 11.6. The lowest BCUT2D eigenvalue weighted by Crippen LogP contribution is -2.47. The first-order valence-electron chi connectivity index (χ1n) is 4.77. The van der Waals surface area contributed by atoms with Crippen molar-refractivity contribution in [2.45, 2.75) is 44.9 Å². The molecule has 0 radical (unpaired) electrons. The zero-order valence-electron chi connectivity index (χ0n) is 9.76. The van der Waals surface area contributed by atoms with Crippen LogP contribution < -0.4 is 11.5 Å². The smallest absolute Gasteiger partial charge is 0.236 e. The van der Waals surface area contributed by atoms with E-state index in [2.05, 4.69) is 33.9 Å². The molecule has 0 saturated heterocycles. The van der Waals surface area contributed by atoms with Crippen LogP contribution in [0.15, 0.2) is 0 Å². The highest BCUT2D eigenvalue weighted by Gasteiger charge is 2.37. The maximum atomic E-state index is 10.7. The number of hydrogen-bond acceptors (Lipinski definition) is 3. The number of amides is 1. The van der Waals surface area contributed by atoms with Crippen molar-refractivity contribution in [2.75, 3.05) is 6.61 Å². The summed E-state index contributed by atoms with van der Waals surface area (Å²) in [4.78, 5) is 10.7. The molecule has 0 aliphatic carbocycles. The van der Waals surface area contributed by atoms with Crippen LogP contribution in [0.1, 0.15) is 20.8 Å². The van der Waals surface area contributed by atoms with Crippen molar-refractivity contribution in [1.82, 2.24) is 0 Å². The first-order chi connectivity index (χ1) is 6.08. The van der Waals surface area contributed by atoms with Gasteiger partial charge in [-0.25, -0.2) is 0 Å². The Morgan fingerprint density at radius 1 is 1.43 bits per heavy atom. The summed E-state index contributed by atoms with van der Waals surface area (Å²) >= 11 is 0. The van der Waals surface area contributed by atoms with Gasteiger partial charge < -0.3 is 15.9 Å². The second-order valence-corrected chi connectivity index (χ2v) is 9.89. The van der Waals surface area contributed by atoms with Crippen LogP contribution in [0.2, 0.25) is 18.1 Å². The summed E-state index contributed by atoms with van der Waals surface area (Å²) in [5.74, 6) is -0.510. The van der Waals surface area contributed by atoms with Gasteiger partial charge >= 0.3 is 0 Å². The molecular weight excluding hydrogens is 196 g/mol. The molecule has 1 unspecified atom stereocenters. The van der Waals surface area contributed by atoms with Crippen molar-refractivity contribution in [2.24, 2.45) is 11.5 Å². The maximum absolute atomic E-state index is 10.7. The van der Waals surface area contributed by atoms with Gasteiger partial charge in [-0.3, -0.25) is 4.79 Å². The molecule has 0 aliphatic heterocycles. The quantitative estimate of drug-likeness (QED) is 0.686. The molecule has 4 nitrogen and oxygen atoms in total. The SMILES string of the molecule is CC(C)(C)[Si](C)(C)OCC(N)C(N)=O. The van der Waals surface area contributed by atoms with Crippen LogP contribution in [0.5, 0.6) is 0 Å². The third kappa shape index (κ3) is 3.77. The molecule has 0 aromatic heterocycles. The van der Waals surface area contributed by atoms with Gasteiger partial charge in [-0.05, 0) is 18.1 Å². The number of carbonyl (C=O) groups excluding carboxylic acids is 1. The van der Waals surface area contributed by atoms with Crippen molar-refractivity contribution in [3.63, 3.8) is 0 Å². The molecule has 0 rings (SSSR count). The van der Waals surface area contributed by atoms with Gasteiger partial charge in [0.1, 0.15) is 6.04 Å². The molecule has 1 amide bonds. The molecule has 5 heteroatoms. The van der Waals surface area contributed by atoms with E-state index < -0.39 is 20.3 Å². The summed E-state index contributed by atoms with van der Waals surface area (Å²) in [7, 11) is -1.80. The van der Waals surface area contributed by atoms with Crippen LogP contribution in [-0.2, 0) is 9.22 Å². The van der Waals surface area contributed by atoms with E-state index in [4.69, 9.17) is 15.9 Å². The van der Waals surface area contributed by atoms with Gasteiger partial charge in [0, 0.05) is 0 Å². The monoisotopic (exact) mass is 218 g/mol. The van der Waals surface area contributed by atoms with E-state index in [1.54, 1.807) is 0 Å². The number of carbonyl (C=O) groups is 1. The molecule has 1 atom stereocenters. The minimum atomic E-state index is -1.80. The third-order valence-corrected chi connectivity index (χ3v) is 7.30. The summed E-state index contributed by atoms with van der Waals surface area (Å²) in [5.41, 5.74) is 10.5. The molecule has 0 saturated carbocycles. The van der Waals surface area contributed by atoms with Gasteiger partial charge in [0.2, 0.25) is 5.91 Å². The van der Waals surface area contributed by atoms with Crippen LogP contribution in [0, 0.1) is 0 Å². The highest BCUT2D eigenvalue weighted by Crippen LogP contribution is 2.36. The van der Waals surface area contributed by atoms with Gasteiger partial charge in [0.15, 0.2) is 8.32 Å². The fraction of sp³-hybridized carbons (Fsp3) is 0.889. The number of hydrogen-bond donors (Lipinski definition) is 2. The van der Waals surface area contributed by atoms with Crippen LogP contribution in [-0.4, -0.2) is 26.9 Å². The average molecular weight is 218 g/mol. The molecule has 4 N–H and O–H groups in total. The van der Waals surface area contributed by atoms with Crippen LogP contribution in [0.4, 0.5) is 0 Å². The van der Waals surface area contributed by atoms with E-state index >= 15 is 0 Å². The molecule has 0 aromatic carbocycles. The normalized spacial score (nSPS) is 15.3. The highest BCUT2D eigenvalue weighted by molar-refractivity contribution is 6.74. The van der Waals surface area contributed by atoms with Gasteiger partial charge in [-0.1, -0.05) is 20.8 Å². The van der Waals surface area contributed by atoms with Gasteiger partial charge in [0.25, 0.3) is 0 Å². The predicted octanol–water partition coefficient (Wildman–Crippen LogP) is 0.821. The van der Waals surface area contributed by atoms with E-state index in [9.17, 15) is 4.79 Å². The molecule has 0 fully saturated rings. The van der Waals surface area contributed by atoms with Crippen molar-refractivity contribution >= 4 is 14.2 Å². The van der Waals surface area contributed by atoms with Crippen molar-refractivity contribution in [3.05, 3.63) is 0 Å². The first kappa shape index (κ1) is 13.6. The second kappa shape index (κ2) is 4.42. The number of primary amides is 1. The fourth-order valence-electron chi connectivity index (χ4n) is 0.597. The Morgan fingerprint density at radius 2 is 1.86 bits per heavy atom. The Balaban J connectivity index is 4.20. The number of nitrogens with two attached hydrogens (primary N) is 2. The maximum Gasteiger partial charge on any atom is 0.236 e. The van der Waals surface area contributed by atoms with Crippen LogP contribution in [0.3, 0.4) is 0 Å². The van der Waals surface area contributed by atoms with Gasteiger partial charge in [-0.2, -0.15) is 0 Å². The van der Waals surface area contributed by atoms with Crippen molar-refractivity contribution in [3.8, 4) is 0 Å². The Hall–Kier alpha value is -0.393. The molecule has 0 spiro atoms. The molecule has 0 heterocycles. The van der Waals surface area contributed by atoms with E-state index in [0.717, 1.165) is 0 Å². The summed E-state index contributed by atoms with van der Waals surface area (Å²) in [6.07, 6.45) is 0. The van der Waals surface area contributed by atoms with E-state index in [1.807, 2.05) is 0 Å². The zero-order valence-corrected chi connectivity index (χ0v) is 10.8. The largest absolute Gasteiger partial charge is 0.415 e. The minimum absolute atomic E-state index is 0.129. The molecule has 0 bridgehead atoms. The average Bonchev–Trinajstić information content (AvgIpc) is 1.97. The Bertz CT molecular complexity index is 211. The number of rotatable bonds is 4. The Kier molecular flexibility index (Phi) is 4.29. The van der Waals surface area contributed by atoms with Gasteiger partial charge in [-0.15, -0.1) is 0 Å². The summed E-state index contributed by atoms with van der Waals surface area (Å²) < 4.78 is 5.73. The predicted molar refractivity (Wildman–Crippen MR) is 60.3 cm³/mol. The Labute approximate surface area is 87.1 Å². The van der Waals surface area contributed by atoms with E-state index in [0.29, 0.717) is 0 Å². The topological polar surface area (TPSA) is 78.3 Å². The lowest BCUT2D eigenvalue weighted by atomic mass is 10.2. The summed E-state index contributed by atoms with van der Waals surface area (Å²) in [6.45, 7) is 10.9. The third-order valence-electron chi connectivity index (χ3n) is 2.80. The lowest BCUT2D eigenvalue weighted by molar-refractivity contribution is -0.119. The fourth-order valence-corrected chi connectivity index (χ4v) is 1.63.